The van der Waals surface area contributed by atoms with Crippen molar-refractivity contribution in [3.05, 3.63) is 35.9 Å². The van der Waals surface area contributed by atoms with Gasteiger partial charge in [-0.15, -0.1) is 0 Å². The van der Waals surface area contributed by atoms with Crippen molar-refractivity contribution in [3.63, 3.8) is 0 Å². The molecule has 2 rings (SSSR count). The minimum Gasteiger partial charge on any atom is -0.349 e. The lowest BCUT2D eigenvalue weighted by Gasteiger charge is -2.25. The van der Waals surface area contributed by atoms with Crippen molar-refractivity contribution >= 4 is 5.91 Å². The molecule has 0 saturated carbocycles. The van der Waals surface area contributed by atoms with Crippen molar-refractivity contribution in [3.8, 4) is 0 Å². The zero-order chi connectivity index (χ0) is 12.3. The van der Waals surface area contributed by atoms with E-state index in [-0.39, 0.29) is 11.4 Å². The summed E-state index contributed by atoms with van der Waals surface area (Å²) in [6.45, 7) is 4.12. The van der Waals surface area contributed by atoms with Gasteiger partial charge in [0.25, 0.3) is 0 Å². The van der Waals surface area contributed by atoms with Crippen LogP contribution in [0, 0.1) is 0 Å². The van der Waals surface area contributed by atoms with Gasteiger partial charge in [-0.2, -0.15) is 0 Å². The molecule has 1 atom stereocenters. The summed E-state index contributed by atoms with van der Waals surface area (Å²) in [5, 5.41) is 3.15. The largest absolute Gasteiger partial charge is 0.349 e. The third-order valence-electron chi connectivity index (χ3n) is 3.31. The van der Waals surface area contributed by atoms with Crippen LogP contribution >= 0.6 is 0 Å². The molecule has 1 aliphatic rings. The first kappa shape index (κ1) is 12.1. The van der Waals surface area contributed by atoms with Crippen LogP contribution < -0.4 is 5.32 Å². The highest BCUT2D eigenvalue weighted by Crippen LogP contribution is 2.19. The van der Waals surface area contributed by atoms with Crippen LogP contribution in [0.4, 0.5) is 0 Å². The third-order valence-corrected chi connectivity index (χ3v) is 3.31. The van der Waals surface area contributed by atoms with E-state index in [2.05, 4.69) is 24.2 Å². The second-order valence-corrected chi connectivity index (χ2v) is 5.26. The lowest BCUT2D eigenvalue weighted by Crippen LogP contribution is -2.48. The Morgan fingerprint density at radius 1 is 1.41 bits per heavy atom. The van der Waals surface area contributed by atoms with Crippen LogP contribution in [0.5, 0.6) is 0 Å². The summed E-state index contributed by atoms with van der Waals surface area (Å²) in [5.74, 6) is 0.119. The van der Waals surface area contributed by atoms with Crippen molar-refractivity contribution in [2.24, 2.45) is 0 Å². The first-order valence-electron chi connectivity index (χ1n) is 6.11. The van der Waals surface area contributed by atoms with Crippen LogP contribution in [-0.4, -0.2) is 36.5 Å². The van der Waals surface area contributed by atoms with E-state index in [9.17, 15) is 4.79 Å². The fourth-order valence-corrected chi connectivity index (χ4v) is 2.46. The predicted molar refractivity (Wildman–Crippen MR) is 68.8 cm³/mol. The summed E-state index contributed by atoms with van der Waals surface area (Å²) in [5.41, 5.74) is 1.01. The fraction of sp³-hybridized carbons (Fsp3) is 0.500. The van der Waals surface area contributed by atoms with Gasteiger partial charge >= 0.3 is 0 Å². The second kappa shape index (κ2) is 4.88. The maximum absolute atomic E-state index is 12.0. The van der Waals surface area contributed by atoms with Crippen molar-refractivity contribution in [2.45, 2.75) is 25.3 Å². The Kier molecular flexibility index (Phi) is 3.48. The molecule has 1 saturated heterocycles. The zero-order valence-corrected chi connectivity index (χ0v) is 10.6. The Morgan fingerprint density at radius 3 is 2.71 bits per heavy atom. The monoisotopic (exact) mass is 232 g/mol. The molecule has 1 aromatic rings. The average Bonchev–Trinajstić information content (AvgIpc) is 2.59. The summed E-state index contributed by atoms with van der Waals surface area (Å²) in [7, 11) is 2.09. The van der Waals surface area contributed by atoms with E-state index in [1.54, 1.807) is 0 Å². The number of rotatable bonds is 3. The maximum Gasteiger partial charge on any atom is 0.224 e. The third kappa shape index (κ3) is 3.30. The normalized spacial score (nSPS) is 24.8. The number of carbonyl (C=O) groups excluding carboxylic acids is 1. The van der Waals surface area contributed by atoms with E-state index in [0.29, 0.717) is 6.42 Å². The van der Waals surface area contributed by atoms with Crippen LogP contribution in [0.1, 0.15) is 18.9 Å². The Balaban J connectivity index is 1.90. The lowest BCUT2D eigenvalue weighted by atomic mass is 10.0. The molecule has 1 aromatic carbocycles. The SMILES string of the molecule is CN1CCC(C)(NC(=O)Cc2ccccc2)C1. The van der Waals surface area contributed by atoms with Gasteiger partial charge < -0.3 is 10.2 Å². The molecule has 17 heavy (non-hydrogen) atoms. The number of hydrogen-bond donors (Lipinski definition) is 1. The highest BCUT2D eigenvalue weighted by Gasteiger charge is 2.33. The molecular weight excluding hydrogens is 212 g/mol. The van der Waals surface area contributed by atoms with E-state index in [1.807, 2.05) is 30.3 Å². The van der Waals surface area contributed by atoms with Crippen LogP contribution in [0.15, 0.2) is 30.3 Å². The Bertz CT molecular complexity index is 390. The van der Waals surface area contributed by atoms with Crippen LogP contribution in [-0.2, 0) is 11.2 Å². The van der Waals surface area contributed by atoms with Crippen LogP contribution in [0.2, 0.25) is 0 Å². The minimum atomic E-state index is -0.0549. The van der Waals surface area contributed by atoms with Crippen molar-refractivity contribution in [1.82, 2.24) is 10.2 Å². The van der Waals surface area contributed by atoms with Gasteiger partial charge in [0, 0.05) is 13.1 Å². The summed E-state index contributed by atoms with van der Waals surface area (Å²) < 4.78 is 0. The van der Waals surface area contributed by atoms with Gasteiger partial charge in [0.05, 0.1) is 12.0 Å². The molecule has 3 heteroatoms. The van der Waals surface area contributed by atoms with Crippen LogP contribution in [0.25, 0.3) is 0 Å². The molecule has 0 spiro atoms. The molecule has 1 heterocycles. The van der Waals surface area contributed by atoms with E-state index in [4.69, 9.17) is 0 Å². The predicted octanol–water partition coefficient (Wildman–Crippen LogP) is 1.44. The van der Waals surface area contributed by atoms with E-state index >= 15 is 0 Å². The van der Waals surface area contributed by atoms with Crippen molar-refractivity contribution < 1.29 is 4.79 Å². The van der Waals surface area contributed by atoms with Gasteiger partial charge in [0.2, 0.25) is 5.91 Å². The molecule has 0 bridgehead atoms. The second-order valence-electron chi connectivity index (χ2n) is 5.26. The van der Waals surface area contributed by atoms with E-state index in [0.717, 1.165) is 25.1 Å². The summed E-state index contributed by atoms with van der Waals surface area (Å²) >= 11 is 0. The van der Waals surface area contributed by atoms with Gasteiger partial charge in [-0.05, 0) is 26.0 Å². The molecule has 1 amide bonds. The highest BCUT2D eigenvalue weighted by atomic mass is 16.1. The Hall–Kier alpha value is -1.35. The van der Waals surface area contributed by atoms with Crippen molar-refractivity contribution in [1.29, 1.82) is 0 Å². The maximum atomic E-state index is 12.0. The first-order chi connectivity index (χ1) is 8.07. The summed E-state index contributed by atoms with van der Waals surface area (Å²) in [4.78, 5) is 14.2. The average molecular weight is 232 g/mol. The molecule has 1 unspecified atom stereocenters. The Morgan fingerprint density at radius 2 is 2.12 bits per heavy atom. The molecule has 3 nitrogen and oxygen atoms in total. The van der Waals surface area contributed by atoms with Crippen LogP contribution in [0.3, 0.4) is 0 Å². The number of hydrogen-bond acceptors (Lipinski definition) is 2. The lowest BCUT2D eigenvalue weighted by molar-refractivity contribution is -0.122. The summed E-state index contributed by atoms with van der Waals surface area (Å²) in [6.07, 6.45) is 1.50. The van der Waals surface area contributed by atoms with Gasteiger partial charge in [-0.3, -0.25) is 4.79 Å². The molecule has 92 valence electrons. The molecule has 1 fully saturated rings. The first-order valence-corrected chi connectivity index (χ1v) is 6.11. The topological polar surface area (TPSA) is 32.3 Å². The standard InChI is InChI=1S/C14H20N2O/c1-14(8-9-16(2)11-14)15-13(17)10-12-6-4-3-5-7-12/h3-7H,8-11H2,1-2H3,(H,15,17). The van der Waals surface area contributed by atoms with Gasteiger partial charge in [-0.1, -0.05) is 30.3 Å². The number of nitrogens with one attached hydrogen (secondary N) is 1. The fourth-order valence-electron chi connectivity index (χ4n) is 2.46. The number of likely N-dealkylation sites (tertiary alicyclic amines) is 1. The molecular formula is C14H20N2O. The number of benzene rings is 1. The smallest absolute Gasteiger partial charge is 0.224 e. The zero-order valence-electron chi connectivity index (χ0n) is 10.6. The van der Waals surface area contributed by atoms with Gasteiger partial charge in [0.1, 0.15) is 0 Å². The quantitative estimate of drug-likeness (QED) is 0.855. The number of carbonyl (C=O) groups is 1. The number of amides is 1. The number of likely N-dealkylation sites (N-methyl/N-ethyl adjacent to an activating group) is 1. The molecule has 0 aliphatic carbocycles. The van der Waals surface area contributed by atoms with E-state index in [1.165, 1.54) is 0 Å². The van der Waals surface area contributed by atoms with Crippen molar-refractivity contribution in [2.75, 3.05) is 20.1 Å². The minimum absolute atomic E-state index is 0.0549. The Labute approximate surface area is 103 Å². The molecule has 0 radical (unpaired) electrons. The summed E-state index contributed by atoms with van der Waals surface area (Å²) in [6, 6.07) is 9.88. The molecule has 1 N–H and O–H groups in total. The van der Waals surface area contributed by atoms with E-state index < -0.39 is 0 Å². The number of nitrogens with zero attached hydrogens (tertiary/aromatic N) is 1. The molecule has 0 aromatic heterocycles. The molecule has 1 aliphatic heterocycles. The van der Waals surface area contributed by atoms with Gasteiger partial charge in [0.15, 0.2) is 0 Å². The highest BCUT2D eigenvalue weighted by molar-refractivity contribution is 5.79. The van der Waals surface area contributed by atoms with Gasteiger partial charge in [-0.25, -0.2) is 0 Å².